The van der Waals surface area contributed by atoms with E-state index >= 15 is 0 Å². The number of fused-ring (bicyclic) bond motifs is 1. The van der Waals surface area contributed by atoms with Crippen LogP contribution >= 0.6 is 0 Å². The third kappa shape index (κ3) is 4.80. The fourth-order valence-corrected chi connectivity index (χ4v) is 5.55. The number of H-pyrrole nitrogens is 1. The number of aromatic nitrogens is 2. The number of nitrogen functional groups attached to an aromatic ring is 2. The van der Waals surface area contributed by atoms with Gasteiger partial charge in [-0.25, -0.2) is 13.4 Å². The average Bonchev–Trinajstić information content (AvgIpc) is 2.83. The highest BCUT2D eigenvalue weighted by Gasteiger charge is 2.32. The molecule has 0 saturated carbocycles. The predicted octanol–water partition coefficient (Wildman–Crippen LogP) is 1.40. The van der Waals surface area contributed by atoms with Crippen LogP contribution in [0.2, 0.25) is 0 Å². The van der Waals surface area contributed by atoms with Gasteiger partial charge in [0.15, 0.2) is 0 Å². The lowest BCUT2D eigenvalue weighted by atomic mass is 10.1. The molecule has 11 nitrogen and oxygen atoms in total. The maximum absolute atomic E-state index is 13.7. The molecule has 0 radical (unpaired) electrons. The number of carbonyl (C=O) groups excluding carboxylic acids is 1. The zero-order valence-electron chi connectivity index (χ0n) is 19.6. The van der Waals surface area contributed by atoms with Crippen LogP contribution in [0.1, 0.15) is 20.3 Å². The molecule has 0 atom stereocenters. The van der Waals surface area contributed by atoms with Gasteiger partial charge in [-0.15, -0.1) is 0 Å². The summed E-state index contributed by atoms with van der Waals surface area (Å²) in [6, 6.07) is 7.51. The monoisotopic (exact) mass is 500 g/mol. The molecule has 12 heteroatoms. The van der Waals surface area contributed by atoms with Gasteiger partial charge in [0, 0.05) is 38.7 Å². The molecule has 1 saturated heterocycles. The van der Waals surface area contributed by atoms with Gasteiger partial charge in [-0.3, -0.25) is 9.59 Å². The van der Waals surface area contributed by atoms with Crippen molar-refractivity contribution in [1.82, 2.24) is 19.2 Å². The molecule has 0 unspecified atom stereocenters. The summed E-state index contributed by atoms with van der Waals surface area (Å²) in [5, 5.41) is 0.239. The van der Waals surface area contributed by atoms with Gasteiger partial charge in [-0.05, 0) is 36.8 Å². The van der Waals surface area contributed by atoms with Crippen molar-refractivity contribution >= 4 is 38.2 Å². The first-order valence-electron chi connectivity index (χ1n) is 11.2. The van der Waals surface area contributed by atoms with Crippen LogP contribution in [0.25, 0.3) is 22.3 Å². The number of benzene rings is 2. The summed E-state index contributed by atoms with van der Waals surface area (Å²) < 4.78 is 34.4. The van der Waals surface area contributed by atoms with Crippen LogP contribution in [0.3, 0.4) is 0 Å². The van der Waals surface area contributed by atoms with E-state index in [9.17, 15) is 18.0 Å². The molecule has 1 aromatic heterocycles. The first-order valence-corrected chi connectivity index (χ1v) is 12.7. The first kappa shape index (κ1) is 24.5. The minimum Gasteiger partial charge on any atom is -0.494 e. The van der Waals surface area contributed by atoms with Crippen LogP contribution in [0.15, 0.2) is 40.0 Å². The van der Waals surface area contributed by atoms with Crippen molar-refractivity contribution in [2.24, 2.45) is 0 Å². The molecule has 2 heterocycles. The van der Waals surface area contributed by atoms with Crippen LogP contribution in [0.5, 0.6) is 5.75 Å². The molecule has 2 aromatic carbocycles. The van der Waals surface area contributed by atoms with Gasteiger partial charge in [0.2, 0.25) is 15.9 Å². The van der Waals surface area contributed by atoms with Gasteiger partial charge in [0.05, 0.1) is 33.8 Å². The second-order valence-electron chi connectivity index (χ2n) is 8.33. The predicted molar refractivity (Wildman–Crippen MR) is 133 cm³/mol. The Balaban J connectivity index is 1.84. The molecular formula is C23H28N6O5S. The maximum atomic E-state index is 13.7. The molecule has 0 spiro atoms. The summed E-state index contributed by atoms with van der Waals surface area (Å²) >= 11 is 0. The molecule has 1 fully saturated rings. The summed E-state index contributed by atoms with van der Waals surface area (Å²) in [5.74, 6) is 0.411. The minimum atomic E-state index is -3.98. The normalized spacial score (nSPS) is 14.9. The van der Waals surface area contributed by atoms with E-state index in [4.69, 9.17) is 16.2 Å². The number of aromatic amines is 1. The molecule has 1 aliphatic rings. The number of rotatable bonds is 6. The van der Waals surface area contributed by atoms with Crippen LogP contribution in [0, 0.1) is 0 Å². The van der Waals surface area contributed by atoms with Gasteiger partial charge in [-0.1, -0.05) is 6.92 Å². The molecule has 0 aliphatic carbocycles. The number of carbonyl (C=O) groups is 1. The standard InChI is InChI=1S/C23H28N6O5S/c1-3-10-34-15-4-5-21(35(32,33)29-8-6-28(7-9-29)14(2)30)17(11-15)22-26-20-13-19(25)18(24)12-16(20)23(31)27-22/h4-5,11-13H,3,6-10,24-25H2,1-2H3,(H,26,27,31). The Hall–Kier alpha value is -3.64. The molecule has 5 N–H and O–H groups in total. The quantitative estimate of drug-likeness (QED) is 0.427. The molecule has 35 heavy (non-hydrogen) atoms. The smallest absolute Gasteiger partial charge is 0.259 e. The molecule has 4 rings (SSSR count). The highest BCUT2D eigenvalue weighted by molar-refractivity contribution is 7.89. The number of sulfonamides is 1. The Morgan fingerprint density at radius 3 is 2.46 bits per heavy atom. The number of nitrogens with zero attached hydrogens (tertiary/aromatic N) is 3. The summed E-state index contributed by atoms with van der Waals surface area (Å²) in [4.78, 5) is 33.3. The molecular weight excluding hydrogens is 472 g/mol. The number of hydrogen-bond donors (Lipinski definition) is 3. The summed E-state index contributed by atoms with van der Waals surface area (Å²) in [6.45, 7) is 4.77. The van der Waals surface area contributed by atoms with Crippen LogP contribution < -0.4 is 21.8 Å². The van der Waals surface area contributed by atoms with Gasteiger partial charge >= 0.3 is 0 Å². The van der Waals surface area contributed by atoms with E-state index in [1.54, 1.807) is 17.0 Å². The molecule has 3 aromatic rings. The van der Waals surface area contributed by atoms with E-state index in [0.717, 1.165) is 6.42 Å². The number of nitrogens with one attached hydrogen (secondary N) is 1. The lowest BCUT2D eigenvalue weighted by Crippen LogP contribution is -2.50. The lowest BCUT2D eigenvalue weighted by Gasteiger charge is -2.33. The Morgan fingerprint density at radius 1 is 1.11 bits per heavy atom. The van der Waals surface area contributed by atoms with Crippen molar-refractivity contribution in [2.45, 2.75) is 25.2 Å². The van der Waals surface area contributed by atoms with E-state index < -0.39 is 15.6 Å². The second-order valence-corrected chi connectivity index (χ2v) is 10.2. The number of amides is 1. The summed E-state index contributed by atoms with van der Waals surface area (Å²) in [5.41, 5.74) is 12.3. The minimum absolute atomic E-state index is 0.0245. The van der Waals surface area contributed by atoms with E-state index in [1.165, 1.54) is 29.4 Å². The zero-order valence-corrected chi connectivity index (χ0v) is 20.4. The highest BCUT2D eigenvalue weighted by Crippen LogP contribution is 2.32. The molecule has 186 valence electrons. The number of piperazine rings is 1. The fraction of sp³-hybridized carbons (Fsp3) is 0.348. The number of ether oxygens (including phenoxy) is 1. The van der Waals surface area contributed by atoms with Gasteiger partial charge < -0.3 is 26.1 Å². The largest absolute Gasteiger partial charge is 0.494 e. The van der Waals surface area contributed by atoms with Crippen molar-refractivity contribution in [1.29, 1.82) is 0 Å². The van der Waals surface area contributed by atoms with E-state index in [-0.39, 0.29) is 57.6 Å². The van der Waals surface area contributed by atoms with Crippen molar-refractivity contribution in [3.05, 3.63) is 40.7 Å². The van der Waals surface area contributed by atoms with Crippen molar-refractivity contribution < 1.29 is 17.9 Å². The lowest BCUT2D eigenvalue weighted by molar-refractivity contribution is -0.129. The van der Waals surface area contributed by atoms with E-state index in [1.807, 2.05) is 6.92 Å². The highest BCUT2D eigenvalue weighted by atomic mass is 32.2. The summed E-state index contributed by atoms with van der Waals surface area (Å²) in [6.07, 6.45) is 0.765. The van der Waals surface area contributed by atoms with Crippen molar-refractivity contribution in [2.75, 3.05) is 44.3 Å². The SMILES string of the molecule is CCCOc1ccc(S(=O)(=O)N2CCN(C(C)=O)CC2)c(-c2nc3cc(N)c(N)cc3c(=O)[nH]2)c1. The number of nitrogens with two attached hydrogens (primary N) is 2. The molecule has 1 amide bonds. The van der Waals surface area contributed by atoms with Crippen LogP contribution in [-0.2, 0) is 14.8 Å². The Labute approximate surface area is 202 Å². The number of anilines is 2. The third-order valence-corrected chi connectivity index (χ3v) is 7.85. The first-order chi connectivity index (χ1) is 16.6. The third-order valence-electron chi connectivity index (χ3n) is 5.89. The van der Waals surface area contributed by atoms with E-state index in [2.05, 4.69) is 9.97 Å². The zero-order chi connectivity index (χ0) is 25.3. The second kappa shape index (κ2) is 9.55. The maximum Gasteiger partial charge on any atom is 0.259 e. The molecule has 1 aliphatic heterocycles. The Kier molecular flexibility index (Phi) is 6.68. The van der Waals surface area contributed by atoms with Crippen LogP contribution in [0.4, 0.5) is 11.4 Å². The number of hydrogen-bond acceptors (Lipinski definition) is 8. The van der Waals surface area contributed by atoms with Crippen molar-refractivity contribution in [3.63, 3.8) is 0 Å². The van der Waals surface area contributed by atoms with Gasteiger partial charge in [-0.2, -0.15) is 4.31 Å². The Morgan fingerprint density at radius 2 is 1.80 bits per heavy atom. The molecule has 0 bridgehead atoms. The summed E-state index contributed by atoms with van der Waals surface area (Å²) in [7, 11) is -3.98. The average molecular weight is 501 g/mol. The van der Waals surface area contributed by atoms with Gasteiger partial charge in [0.1, 0.15) is 11.6 Å². The fourth-order valence-electron chi connectivity index (χ4n) is 3.96. The van der Waals surface area contributed by atoms with Crippen LogP contribution in [-0.4, -0.2) is 66.3 Å². The topological polar surface area (TPSA) is 165 Å². The van der Waals surface area contributed by atoms with Gasteiger partial charge in [0.25, 0.3) is 5.56 Å². The van der Waals surface area contributed by atoms with E-state index in [0.29, 0.717) is 25.4 Å². The van der Waals surface area contributed by atoms with Crippen molar-refractivity contribution in [3.8, 4) is 17.1 Å². The Bertz CT molecular complexity index is 1440.